The van der Waals surface area contributed by atoms with E-state index < -0.39 is 6.43 Å². The lowest BCUT2D eigenvalue weighted by Crippen LogP contribution is -2.47. The number of pyridine rings is 2. The maximum atomic E-state index is 13.0. The van der Waals surface area contributed by atoms with E-state index in [0.29, 0.717) is 5.52 Å². The van der Waals surface area contributed by atoms with Crippen LogP contribution in [-0.4, -0.2) is 62.6 Å². The highest BCUT2D eigenvalue weighted by Gasteiger charge is 2.20. The second-order valence-corrected chi connectivity index (χ2v) is 8.59. The van der Waals surface area contributed by atoms with Crippen LogP contribution in [0.15, 0.2) is 60.7 Å². The molecule has 0 bridgehead atoms. The second-order valence-electron chi connectivity index (χ2n) is 8.59. The van der Waals surface area contributed by atoms with Crippen LogP contribution in [0.4, 0.5) is 14.5 Å². The standard InChI is InChI=1S/C25H23F2N7/c26-25(27)21-9-7-19-20(28-21)4-2-5-22(19)33-15-13-32(14-16-33)12-11-17-3-1-6-23-18(17)8-10-24-29-30-31-34(23)24/h1-10,25H,11-16H2. The van der Waals surface area contributed by atoms with E-state index in [2.05, 4.69) is 54.6 Å². The van der Waals surface area contributed by atoms with Crippen molar-refractivity contribution < 1.29 is 8.78 Å². The lowest BCUT2D eigenvalue weighted by Gasteiger charge is -2.36. The van der Waals surface area contributed by atoms with Gasteiger partial charge in [0.15, 0.2) is 5.65 Å². The molecule has 0 unspecified atom stereocenters. The fourth-order valence-electron chi connectivity index (χ4n) is 4.86. The van der Waals surface area contributed by atoms with Crippen LogP contribution < -0.4 is 4.90 Å². The predicted octanol–water partition coefficient (Wildman–Crippen LogP) is 4.13. The van der Waals surface area contributed by atoms with Gasteiger partial charge >= 0.3 is 0 Å². The van der Waals surface area contributed by atoms with Gasteiger partial charge in [0.25, 0.3) is 6.43 Å². The van der Waals surface area contributed by atoms with Gasteiger partial charge in [0.05, 0.1) is 11.0 Å². The van der Waals surface area contributed by atoms with Gasteiger partial charge in [0.1, 0.15) is 5.69 Å². The van der Waals surface area contributed by atoms with Gasteiger partial charge < -0.3 is 4.90 Å². The number of aromatic nitrogens is 5. The third-order valence-corrected chi connectivity index (χ3v) is 6.66. The average molecular weight is 460 g/mol. The molecule has 9 heteroatoms. The molecule has 6 rings (SSSR count). The molecule has 1 saturated heterocycles. The zero-order valence-corrected chi connectivity index (χ0v) is 18.5. The number of hydrogen-bond acceptors (Lipinski definition) is 6. The molecule has 1 fully saturated rings. The van der Waals surface area contributed by atoms with Crippen LogP contribution in [0.1, 0.15) is 17.7 Å². The molecule has 1 aliphatic heterocycles. The zero-order chi connectivity index (χ0) is 23.1. The summed E-state index contributed by atoms with van der Waals surface area (Å²) >= 11 is 0. The number of anilines is 1. The molecule has 1 aliphatic rings. The summed E-state index contributed by atoms with van der Waals surface area (Å²) < 4.78 is 27.9. The summed E-state index contributed by atoms with van der Waals surface area (Å²) in [6, 6.07) is 19.3. The van der Waals surface area contributed by atoms with Crippen molar-refractivity contribution in [2.45, 2.75) is 12.8 Å². The Morgan fingerprint density at radius 3 is 2.53 bits per heavy atom. The number of fused-ring (bicyclic) bond motifs is 4. The van der Waals surface area contributed by atoms with Gasteiger partial charge in [0.2, 0.25) is 0 Å². The number of nitrogens with zero attached hydrogens (tertiary/aromatic N) is 7. The summed E-state index contributed by atoms with van der Waals surface area (Å²) in [5.41, 5.74) is 4.55. The van der Waals surface area contributed by atoms with Crippen molar-refractivity contribution in [3.63, 3.8) is 0 Å². The molecular formula is C25H23F2N7. The number of alkyl halides is 2. The molecule has 0 aliphatic carbocycles. The molecule has 0 amide bonds. The Hall–Kier alpha value is -3.72. The normalized spacial score (nSPS) is 15.2. The third-order valence-electron chi connectivity index (χ3n) is 6.66. The molecule has 0 radical (unpaired) electrons. The van der Waals surface area contributed by atoms with Crippen LogP contribution in [0, 0.1) is 0 Å². The van der Waals surface area contributed by atoms with E-state index in [-0.39, 0.29) is 5.69 Å². The van der Waals surface area contributed by atoms with E-state index >= 15 is 0 Å². The van der Waals surface area contributed by atoms with Gasteiger partial charge in [0, 0.05) is 49.2 Å². The molecule has 0 atom stereocenters. The third kappa shape index (κ3) is 3.71. The van der Waals surface area contributed by atoms with Gasteiger partial charge in [-0.3, -0.25) is 4.90 Å². The number of hydrogen-bond donors (Lipinski definition) is 0. The van der Waals surface area contributed by atoms with Crippen LogP contribution in [0.2, 0.25) is 0 Å². The highest BCUT2D eigenvalue weighted by atomic mass is 19.3. The van der Waals surface area contributed by atoms with Crippen molar-refractivity contribution in [2.24, 2.45) is 0 Å². The molecule has 0 spiro atoms. The first kappa shape index (κ1) is 20.9. The highest BCUT2D eigenvalue weighted by Crippen LogP contribution is 2.29. The summed E-state index contributed by atoms with van der Waals surface area (Å²) in [6.07, 6.45) is -1.61. The minimum absolute atomic E-state index is 0.177. The molecule has 0 N–H and O–H groups in total. The lowest BCUT2D eigenvalue weighted by atomic mass is 10.0. The Labute approximate surface area is 194 Å². The maximum Gasteiger partial charge on any atom is 0.280 e. The summed E-state index contributed by atoms with van der Waals surface area (Å²) in [6.45, 7) is 4.63. The first-order valence-electron chi connectivity index (χ1n) is 11.4. The summed E-state index contributed by atoms with van der Waals surface area (Å²) in [7, 11) is 0. The number of rotatable bonds is 5. The highest BCUT2D eigenvalue weighted by molar-refractivity contribution is 5.92. The molecule has 3 aromatic heterocycles. The quantitative estimate of drug-likeness (QED) is 0.394. The summed E-state index contributed by atoms with van der Waals surface area (Å²) in [5.74, 6) is 0. The molecule has 4 heterocycles. The van der Waals surface area contributed by atoms with Gasteiger partial charge in [-0.15, -0.1) is 5.10 Å². The smallest absolute Gasteiger partial charge is 0.280 e. The number of benzene rings is 2. The average Bonchev–Trinajstić information content (AvgIpc) is 3.36. The van der Waals surface area contributed by atoms with Crippen molar-refractivity contribution in [1.29, 1.82) is 0 Å². The summed E-state index contributed by atoms with van der Waals surface area (Å²) in [5, 5.41) is 14.0. The fraction of sp³-hybridized carbons (Fsp3) is 0.280. The fourth-order valence-corrected chi connectivity index (χ4v) is 4.86. The van der Waals surface area contributed by atoms with Gasteiger partial charge in [-0.25, -0.2) is 13.8 Å². The van der Waals surface area contributed by atoms with Gasteiger partial charge in [-0.1, -0.05) is 18.2 Å². The number of piperazine rings is 1. The van der Waals surface area contributed by atoms with E-state index in [9.17, 15) is 8.78 Å². The number of tetrazole rings is 1. The zero-order valence-electron chi connectivity index (χ0n) is 18.5. The maximum absolute atomic E-state index is 13.0. The Bertz CT molecular complexity index is 1470. The summed E-state index contributed by atoms with van der Waals surface area (Å²) in [4.78, 5) is 8.95. The van der Waals surface area contributed by atoms with Crippen LogP contribution in [0.25, 0.3) is 27.5 Å². The molecule has 7 nitrogen and oxygen atoms in total. The second kappa shape index (κ2) is 8.57. The molecule has 172 valence electrons. The van der Waals surface area contributed by atoms with E-state index in [0.717, 1.165) is 61.4 Å². The van der Waals surface area contributed by atoms with Crippen LogP contribution in [0.3, 0.4) is 0 Å². The Kier molecular flexibility index (Phi) is 5.26. The van der Waals surface area contributed by atoms with E-state index in [4.69, 9.17) is 0 Å². The van der Waals surface area contributed by atoms with E-state index in [1.807, 2.05) is 18.2 Å². The topological polar surface area (TPSA) is 62.5 Å². The van der Waals surface area contributed by atoms with Crippen molar-refractivity contribution in [1.82, 2.24) is 29.9 Å². The van der Waals surface area contributed by atoms with Crippen molar-refractivity contribution >= 4 is 33.1 Å². The first-order valence-corrected chi connectivity index (χ1v) is 11.4. The van der Waals surface area contributed by atoms with Gasteiger partial charge in [-0.05, 0) is 64.9 Å². The Morgan fingerprint density at radius 1 is 0.853 bits per heavy atom. The van der Waals surface area contributed by atoms with Crippen LogP contribution >= 0.6 is 0 Å². The molecule has 0 saturated carbocycles. The Balaban J connectivity index is 1.14. The monoisotopic (exact) mass is 459 g/mol. The van der Waals surface area contributed by atoms with Crippen molar-refractivity contribution in [2.75, 3.05) is 37.6 Å². The SMILES string of the molecule is FC(F)c1ccc2c(N3CCN(CCc4cccc5c4ccc4nnnn45)CC3)cccc2n1. The minimum atomic E-state index is -2.56. The first-order chi connectivity index (χ1) is 16.7. The van der Waals surface area contributed by atoms with E-state index in [1.54, 1.807) is 16.6 Å². The molecular weight excluding hydrogens is 436 g/mol. The minimum Gasteiger partial charge on any atom is -0.368 e. The van der Waals surface area contributed by atoms with E-state index in [1.165, 1.54) is 17.0 Å². The Morgan fingerprint density at radius 2 is 1.68 bits per heavy atom. The largest absolute Gasteiger partial charge is 0.368 e. The van der Waals surface area contributed by atoms with Crippen LogP contribution in [-0.2, 0) is 6.42 Å². The molecule has 34 heavy (non-hydrogen) atoms. The molecule has 2 aromatic carbocycles. The predicted molar refractivity (Wildman–Crippen MR) is 127 cm³/mol. The van der Waals surface area contributed by atoms with Crippen molar-refractivity contribution in [3.05, 3.63) is 71.9 Å². The van der Waals surface area contributed by atoms with Gasteiger partial charge in [-0.2, -0.15) is 4.52 Å². The lowest BCUT2D eigenvalue weighted by molar-refractivity contribution is 0.146. The molecule has 5 aromatic rings. The van der Waals surface area contributed by atoms with Crippen LogP contribution in [0.5, 0.6) is 0 Å². The van der Waals surface area contributed by atoms with Crippen molar-refractivity contribution in [3.8, 4) is 0 Å². The number of halogens is 2.